The van der Waals surface area contributed by atoms with Crippen LogP contribution in [0.2, 0.25) is 0 Å². The van der Waals surface area contributed by atoms with Crippen LogP contribution < -0.4 is 16.0 Å². The molecular formula is C42H63N3O12. The third-order valence-corrected chi connectivity index (χ3v) is 7.95. The van der Waals surface area contributed by atoms with Gasteiger partial charge < -0.3 is 44.4 Å². The molecule has 15 nitrogen and oxygen atoms in total. The van der Waals surface area contributed by atoms with Crippen molar-refractivity contribution in [3.05, 3.63) is 71.8 Å². The fourth-order valence-corrected chi connectivity index (χ4v) is 5.05. The molecule has 0 bridgehead atoms. The highest BCUT2D eigenvalue weighted by Gasteiger charge is 2.28. The zero-order valence-corrected chi connectivity index (χ0v) is 35.1. The number of esters is 4. The van der Waals surface area contributed by atoms with Crippen LogP contribution in [0.25, 0.3) is 0 Å². The molecule has 0 heterocycles. The number of alkyl carbamates (subject to hydrolysis) is 2. The van der Waals surface area contributed by atoms with E-state index in [0.717, 1.165) is 11.1 Å². The van der Waals surface area contributed by atoms with Gasteiger partial charge in [-0.1, -0.05) is 67.6 Å². The number of carbonyl (C=O) groups is 6. The fraction of sp³-hybridized carbons (Fsp3) is 0.571. The first-order valence-corrected chi connectivity index (χ1v) is 19.0. The molecule has 2 aromatic carbocycles. The summed E-state index contributed by atoms with van der Waals surface area (Å²) < 4.78 is 30.6. The molecule has 0 fully saturated rings. The van der Waals surface area contributed by atoms with E-state index in [1.807, 2.05) is 60.7 Å². The van der Waals surface area contributed by atoms with Crippen molar-refractivity contribution in [2.45, 2.75) is 130 Å². The van der Waals surface area contributed by atoms with Crippen molar-refractivity contribution in [1.82, 2.24) is 16.0 Å². The average Bonchev–Trinajstić information content (AvgIpc) is 3.15. The number of methoxy groups -OCH3 is 2. The molecule has 2 amide bonds. The molecule has 0 spiro atoms. The third-order valence-electron chi connectivity index (χ3n) is 7.95. The molecule has 2 rings (SSSR count). The molecule has 0 aliphatic rings. The van der Waals surface area contributed by atoms with Crippen LogP contribution in [-0.2, 0) is 60.8 Å². The van der Waals surface area contributed by atoms with Gasteiger partial charge in [-0.2, -0.15) is 0 Å². The third kappa shape index (κ3) is 22.8. The summed E-state index contributed by atoms with van der Waals surface area (Å²) in [5.74, 6) is -2.04. The van der Waals surface area contributed by atoms with Gasteiger partial charge in [0.1, 0.15) is 42.5 Å². The number of nitrogens with one attached hydrogen (secondary N) is 3. The largest absolute Gasteiger partial charge is 0.469 e. The summed E-state index contributed by atoms with van der Waals surface area (Å²) in [5, 5.41) is 8.05. The lowest BCUT2D eigenvalue weighted by Gasteiger charge is -2.23. The van der Waals surface area contributed by atoms with Gasteiger partial charge in [0.25, 0.3) is 0 Å². The normalized spacial score (nSPS) is 13.2. The van der Waals surface area contributed by atoms with Crippen LogP contribution >= 0.6 is 0 Å². The lowest BCUT2D eigenvalue weighted by molar-refractivity contribution is -0.148. The number of rotatable bonds is 19. The first kappa shape index (κ1) is 49.8. The van der Waals surface area contributed by atoms with Gasteiger partial charge in [0.05, 0.1) is 20.1 Å². The summed E-state index contributed by atoms with van der Waals surface area (Å²) >= 11 is 0. The summed E-state index contributed by atoms with van der Waals surface area (Å²) in [4.78, 5) is 72.3. The van der Waals surface area contributed by atoms with Crippen molar-refractivity contribution in [3.8, 4) is 0 Å². The van der Waals surface area contributed by atoms with Gasteiger partial charge in [0.2, 0.25) is 0 Å². The van der Waals surface area contributed by atoms with Crippen LogP contribution in [0, 0.1) is 5.92 Å². The lowest BCUT2D eigenvalue weighted by Crippen LogP contribution is -2.44. The summed E-state index contributed by atoms with van der Waals surface area (Å²) in [7, 11) is 4.27. The SMILES string of the molecule is CNC(CCCC(NC(=O)OC(C)(C)C)C(=O)OCc1ccccc1)C(=O)OCc1ccccc1.COC(=O)C(C)CCCC(NC(=O)OC(C)(C)C)C(=O)OC. The molecule has 0 aromatic heterocycles. The van der Waals surface area contributed by atoms with Gasteiger partial charge in [0.15, 0.2) is 0 Å². The van der Waals surface area contributed by atoms with Crippen molar-refractivity contribution in [3.63, 3.8) is 0 Å². The summed E-state index contributed by atoms with van der Waals surface area (Å²) in [6, 6.07) is 16.5. The molecule has 0 radical (unpaired) electrons. The lowest BCUT2D eigenvalue weighted by atomic mass is 10.0. The summed E-state index contributed by atoms with van der Waals surface area (Å²) in [6.07, 6.45) is 1.25. The maximum absolute atomic E-state index is 12.8. The van der Waals surface area contributed by atoms with E-state index in [1.54, 1.807) is 55.5 Å². The molecule has 4 atom stereocenters. The topological polar surface area (TPSA) is 194 Å². The Bertz CT molecular complexity index is 1520. The Hall–Kier alpha value is -5.18. The minimum Gasteiger partial charge on any atom is -0.469 e. The Kier molecular flexibility index (Phi) is 22.6. The van der Waals surface area contributed by atoms with Crippen molar-refractivity contribution in [2.24, 2.45) is 5.92 Å². The van der Waals surface area contributed by atoms with E-state index >= 15 is 0 Å². The van der Waals surface area contributed by atoms with Gasteiger partial charge in [0, 0.05) is 0 Å². The molecular weight excluding hydrogens is 738 g/mol. The minimum absolute atomic E-state index is 0.0944. The Balaban J connectivity index is 0.000000637. The van der Waals surface area contributed by atoms with Gasteiger partial charge in [-0.25, -0.2) is 19.2 Å². The first-order valence-electron chi connectivity index (χ1n) is 19.0. The Labute approximate surface area is 337 Å². The van der Waals surface area contributed by atoms with Crippen molar-refractivity contribution in [2.75, 3.05) is 21.3 Å². The van der Waals surface area contributed by atoms with E-state index in [1.165, 1.54) is 14.2 Å². The average molecular weight is 802 g/mol. The maximum Gasteiger partial charge on any atom is 0.408 e. The van der Waals surface area contributed by atoms with E-state index < -0.39 is 53.5 Å². The van der Waals surface area contributed by atoms with Crippen molar-refractivity contribution in [1.29, 1.82) is 0 Å². The van der Waals surface area contributed by atoms with E-state index in [9.17, 15) is 28.8 Å². The number of carbonyl (C=O) groups excluding carboxylic acids is 6. The van der Waals surface area contributed by atoms with E-state index in [-0.39, 0.29) is 37.5 Å². The highest BCUT2D eigenvalue weighted by Crippen LogP contribution is 2.15. The second kappa shape index (κ2) is 25.9. The molecule has 0 saturated carbocycles. The van der Waals surface area contributed by atoms with Crippen LogP contribution in [0.15, 0.2) is 60.7 Å². The Morgan fingerprint density at radius 2 is 0.912 bits per heavy atom. The second-order valence-electron chi connectivity index (χ2n) is 15.2. The standard InChI is InChI=1S/C27H36N2O6.C15H27NO6/c1-27(2,3)35-26(32)29-23(25(31)34-19-21-14-9-6-10-15-21)17-11-16-22(28-4)24(30)33-18-20-12-7-5-8-13-20;1-10(12(17)20-5)8-7-9-11(13(18)21-6)16-14(19)22-15(2,3)4/h5-10,12-15,22-23,28H,11,16-19H2,1-4H3,(H,29,32);10-11H,7-9H2,1-6H3,(H,16,19). The zero-order chi connectivity index (χ0) is 43.0. The molecule has 57 heavy (non-hydrogen) atoms. The summed E-state index contributed by atoms with van der Waals surface area (Å²) in [5.41, 5.74) is 0.388. The highest BCUT2D eigenvalue weighted by molar-refractivity contribution is 5.82. The van der Waals surface area contributed by atoms with Crippen LogP contribution in [0.3, 0.4) is 0 Å². The number of likely N-dealkylation sites (N-methyl/N-ethyl adjacent to an activating group) is 1. The number of ether oxygens (including phenoxy) is 6. The maximum atomic E-state index is 12.8. The predicted molar refractivity (Wildman–Crippen MR) is 213 cm³/mol. The molecule has 15 heteroatoms. The van der Waals surface area contributed by atoms with Crippen LogP contribution in [0.4, 0.5) is 9.59 Å². The molecule has 2 aromatic rings. The molecule has 318 valence electrons. The monoisotopic (exact) mass is 801 g/mol. The number of hydrogen-bond acceptors (Lipinski definition) is 13. The van der Waals surface area contributed by atoms with Crippen LogP contribution in [-0.4, -0.2) is 86.7 Å². The van der Waals surface area contributed by atoms with Crippen LogP contribution in [0.5, 0.6) is 0 Å². The quantitative estimate of drug-likeness (QED) is 0.108. The molecule has 0 aliphatic carbocycles. The minimum atomic E-state index is -0.911. The zero-order valence-electron chi connectivity index (χ0n) is 35.1. The first-order chi connectivity index (χ1) is 26.8. The molecule has 0 aliphatic heterocycles. The highest BCUT2D eigenvalue weighted by atomic mass is 16.6. The van der Waals surface area contributed by atoms with E-state index in [0.29, 0.717) is 32.1 Å². The van der Waals surface area contributed by atoms with Crippen molar-refractivity contribution >= 4 is 36.1 Å². The van der Waals surface area contributed by atoms with Crippen LogP contribution in [0.1, 0.15) is 98.1 Å². The number of amides is 2. The predicted octanol–water partition coefficient (Wildman–Crippen LogP) is 6.16. The Morgan fingerprint density at radius 3 is 1.30 bits per heavy atom. The van der Waals surface area contributed by atoms with Gasteiger partial charge in [-0.3, -0.25) is 9.59 Å². The van der Waals surface area contributed by atoms with E-state index in [2.05, 4.69) is 25.4 Å². The van der Waals surface area contributed by atoms with Crippen molar-refractivity contribution < 1.29 is 57.2 Å². The van der Waals surface area contributed by atoms with E-state index in [4.69, 9.17) is 18.9 Å². The molecule has 3 N–H and O–H groups in total. The smallest absolute Gasteiger partial charge is 0.408 e. The second-order valence-corrected chi connectivity index (χ2v) is 15.2. The Morgan fingerprint density at radius 1 is 0.544 bits per heavy atom. The van der Waals surface area contributed by atoms with Gasteiger partial charge in [-0.15, -0.1) is 0 Å². The molecule has 4 unspecified atom stereocenters. The number of benzene rings is 2. The summed E-state index contributed by atoms with van der Waals surface area (Å²) in [6.45, 7) is 12.5. The molecule has 0 saturated heterocycles. The van der Waals surface area contributed by atoms with Gasteiger partial charge >= 0.3 is 36.1 Å². The van der Waals surface area contributed by atoms with Gasteiger partial charge in [-0.05, 0) is 98.2 Å². The fourth-order valence-electron chi connectivity index (χ4n) is 5.05. The number of hydrogen-bond donors (Lipinski definition) is 3.